The second-order valence-corrected chi connectivity index (χ2v) is 6.58. The SMILES string of the molecule is O=C(NCCCNC(=O)c1cc2ccccc2[nH]1)c1ccc(Cl)c(Cl)c1. The van der Waals surface area contributed by atoms with Crippen LogP contribution >= 0.6 is 23.2 Å². The maximum Gasteiger partial charge on any atom is 0.267 e. The normalized spacial score (nSPS) is 10.7. The van der Waals surface area contributed by atoms with Crippen LogP contribution in [0.15, 0.2) is 48.5 Å². The zero-order valence-electron chi connectivity index (χ0n) is 13.8. The van der Waals surface area contributed by atoms with E-state index in [1.807, 2.05) is 30.3 Å². The minimum absolute atomic E-state index is 0.169. The Morgan fingerprint density at radius 2 is 1.62 bits per heavy atom. The number of aromatic nitrogens is 1. The number of aromatic amines is 1. The zero-order chi connectivity index (χ0) is 18.5. The Bertz CT molecular complexity index is 920. The molecule has 1 heterocycles. The van der Waals surface area contributed by atoms with Gasteiger partial charge in [0.1, 0.15) is 5.69 Å². The average Bonchev–Trinajstić information content (AvgIpc) is 3.07. The summed E-state index contributed by atoms with van der Waals surface area (Å²) >= 11 is 11.7. The lowest BCUT2D eigenvalue weighted by Gasteiger charge is -2.07. The summed E-state index contributed by atoms with van der Waals surface area (Å²) in [6.45, 7) is 0.891. The van der Waals surface area contributed by atoms with Crippen molar-refractivity contribution in [3.05, 3.63) is 69.8 Å². The third-order valence-corrected chi connectivity index (χ3v) is 4.62. The Kier molecular flexibility index (Phi) is 5.81. The fourth-order valence-electron chi connectivity index (χ4n) is 2.52. The van der Waals surface area contributed by atoms with Crippen LogP contribution in [-0.4, -0.2) is 29.9 Å². The molecule has 0 saturated heterocycles. The smallest absolute Gasteiger partial charge is 0.267 e. The van der Waals surface area contributed by atoms with Gasteiger partial charge in [-0.1, -0.05) is 41.4 Å². The van der Waals surface area contributed by atoms with Gasteiger partial charge in [-0.05, 0) is 36.8 Å². The van der Waals surface area contributed by atoms with Crippen molar-refractivity contribution in [2.45, 2.75) is 6.42 Å². The first kappa shape index (κ1) is 18.3. The Morgan fingerprint density at radius 1 is 0.885 bits per heavy atom. The standard InChI is InChI=1S/C19H17Cl2N3O2/c20-14-7-6-13(10-15(14)21)18(25)22-8-3-9-23-19(26)17-11-12-4-1-2-5-16(12)24-17/h1-2,4-7,10-11,24H,3,8-9H2,(H,22,25)(H,23,26). The first-order valence-corrected chi connectivity index (χ1v) is 8.89. The number of hydrogen-bond acceptors (Lipinski definition) is 2. The summed E-state index contributed by atoms with van der Waals surface area (Å²) in [7, 11) is 0. The fourth-order valence-corrected chi connectivity index (χ4v) is 2.82. The molecular weight excluding hydrogens is 373 g/mol. The Morgan fingerprint density at radius 3 is 2.35 bits per heavy atom. The van der Waals surface area contributed by atoms with Crippen LogP contribution in [0.4, 0.5) is 0 Å². The summed E-state index contributed by atoms with van der Waals surface area (Å²) in [5, 5.41) is 7.35. The molecule has 0 fully saturated rings. The van der Waals surface area contributed by atoms with Crippen molar-refractivity contribution in [3.63, 3.8) is 0 Å². The van der Waals surface area contributed by atoms with Crippen molar-refractivity contribution in [2.24, 2.45) is 0 Å². The highest BCUT2D eigenvalue weighted by Gasteiger charge is 2.09. The van der Waals surface area contributed by atoms with E-state index < -0.39 is 0 Å². The highest BCUT2D eigenvalue weighted by molar-refractivity contribution is 6.42. The van der Waals surface area contributed by atoms with E-state index in [0.29, 0.717) is 40.8 Å². The molecule has 0 aliphatic heterocycles. The molecule has 3 N–H and O–H groups in total. The molecule has 134 valence electrons. The number of para-hydroxylation sites is 1. The van der Waals surface area contributed by atoms with E-state index in [-0.39, 0.29) is 11.8 Å². The fraction of sp³-hybridized carbons (Fsp3) is 0.158. The molecular formula is C19H17Cl2N3O2. The number of rotatable bonds is 6. The van der Waals surface area contributed by atoms with Gasteiger partial charge in [-0.25, -0.2) is 0 Å². The van der Waals surface area contributed by atoms with E-state index in [2.05, 4.69) is 15.6 Å². The number of carbonyl (C=O) groups is 2. The van der Waals surface area contributed by atoms with E-state index >= 15 is 0 Å². The predicted octanol–water partition coefficient (Wildman–Crippen LogP) is 4.02. The molecule has 0 atom stereocenters. The second-order valence-electron chi connectivity index (χ2n) is 5.76. The highest BCUT2D eigenvalue weighted by atomic mass is 35.5. The summed E-state index contributed by atoms with van der Waals surface area (Å²) in [4.78, 5) is 27.2. The van der Waals surface area contributed by atoms with Gasteiger partial charge in [0.2, 0.25) is 0 Å². The van der Waals surface area contributed by atoms with Crippen molar-refractivity contribution >= 4 is 45.9 Å². The quantitative estimate of drug-likeness (QED) is 0.556. The molecule has 26 heavy (non-hydrogen) atoms. The Hall–Kier alpha value is -2.50. The number of benzene rings is 2. The van der Waals surface area contributed by atoms with Gasteiger partial charge < -0.3 is 15.6 Å². The van der Waals surface area contributed by atoms with Crippen molar-refractivity contribution in [3.8, 4) is 0 Å². The van der Waals surface area contributed by atoms with E-state index in [4.69, 9.17) is 23.2 Å². The number of hydrogen-bond donors (Lipinski definition) is 3. The van der Waals surface area contributed by atoms with Crippen LogP contribution in [0.3, 0.4) is 0 Å². The number of H-pyrrole nitrogens is 1. The average molecular weight is 390 g/mol. The number of amides is 2. The topological polar surface area (TPSA) is 74.0 Å². The summed E-state index contributed by atoms with van der Waals surface area (Å²) in [5.41, 5.74) is 1.89. The summed E-state index contributed by atoms with van der Waals surface area (Å²) < 4.78 is 0. The molecule has 2 aromatic carbocycles. The van der Waals surface area contributed by atoms with Crippen LogP contribution in [0.25, 0.3) is 10.9 Å². The second kappa shape index (κ2) is 8.25. The van der Waals surface area contributed by atoms with E-state index in [1.165, 1.54) is 6.07 Å². The van der Waals surface area contributed by atoms with Gasteiger partial charge >= 0.3 is 0 Å². The largest absolute Gasteiger partial charge is 0.352 e. The van der Waals surface area contributed by atoms with Crippen molar-refractivity contribution in [1.29, 1.82) is 0 Å². The molecule has 0 aliphatic rings. The third-order valence-electron chi connectivity index (χ3n) is 3.88. The van der Waals surface area contributed by atoms with Gasteiger partial charge in [0.15, 0.2) is 0 Å². The molecule has 0 saturated carbocycles. The van der Waals surface area contributed by atoms with Gasteiger partial charge in [0.05, 0.1) is 10.0 Å². The number of fused-ring (bicyclic) bond motifs is 1. The molecule has 0 unspecified atom stereocenters. The van der Waals surface area contributed by atoms with Crippen LogP contribution in [0.1, 0.15) is 27.3 Å². The van der Waals surface area contributed by atoms with Crippen LogP contribution < -0.4 is 10.6 Å². The van der Waals surface area contributed by atoms with E-state index in [1.54, 1.807) is 12.1 Å². The van der Waals surface area contributed by atoms with Gasteiger partial charge in [0.25, 0.3) is 11.8 Å². The molecule has 3 rings (SSSR count). The van der Waals surface area contributed by atoms with Gasteiger partial charge in [-0.2, -0.15) is 0 Å². The minimum atomic E-state index is -0.231. The molecule has 1 aromatic heterocycles. The molecule has 2 amide bonds. The van der Waals surface area contributed by atoms with Crippen LogP contribution in [0.5, 0.6) is 0 Å². The molecule has 0 radical (unpaired) electrons. The van der Waals surface area contributed by atoms with Crippen LogP contribution in [0, 0.1) is 0 Å². The predicted molar refractivity (Wildman–Crippen MR) is 104 cm³/mol. The maximum atomic E-state index is 12.1. The summed E-state index contributed by atoms with van der Waals surface area (Å²) in [5.74, 6) is -0.400. The lowest BCUT2D eigenvalue weighted by molar-refractivity contribution is 0.0948. The molecule has 7 heteroatoms. The van der Waals surface area contributed by atoms with E-state index in [0.717, 1.165) is 10.9 Å². The molecule has 0 spiro atoms. The van der Waals surface area contributed by atoms with Gasteiger partial charge in [0, 0.05) is 29.6 Å². The monoisotopic (exact) mass is 389 g/mol. The first-order chi connectivity index (χ1) is 12.5. The van der Waals surface area contributed by atoms with Crippen LogP contribution in [0.2, 0.25) is 10.0 Å². The first-order valence-electron chi connectivity index (χ1n) is 8.14. The van der Waals surface area contributed by atoms with Crippen molar-refractivity contribution in [2.75, 3.05) is 13.1 Å². The summed E-state index contributed by atoms with van der Waals surface area (Å²) in [6.07, 6.45) is 0.610. The number of halogens is 2. The molecule has 3 aromatic rings. The maximum absolute atomic E-state index is 12.1. The lowest BCUT2D eigenvalue weighted by Crippen LogP contribution is -2.30. The number of nitrogens with one attached hydrogen (secondary N) is 3. The lowest BCUT2D eigenvalue weighted by atomic mass is 10.2. The molecule has 5 nitrogen and oxygen atoms in total. The summed E-state index contributed by atoms with van der Waals surface area (Å²) in [6, 6.07) is 14.2. The van der Waals surface area contributed by atoms with Crippen molar-refractivity contribution < 1.29 is 9.59 Å². The molecule has 0 bridgehead atoms. The molecule has 0 aliphatic carbocycles. The zero-order valence-corrected chi connectivity index (χ0v) is 15.3. The Labute approximate surface area is 160 Å². The van der Waals surface area contributed by atoms with Crippen molar-refractivity contribution in [1.82, 2.24) is 15.6 Å². The van der Waals surface area contributed by atoms with E-state index in [9.17, 15) is 9.59 Å². The highest BCUT2D eigenvalue weighted by Crippen LogP contribution is 2.22. The van der Waals surface area contributed by atoms with Gasteiger partial charge in [-0.3, -0.25) is 9.59 Å². The van der Waals surface area contributed by atoms with Gasteiger partial charge in [-0.15, -0.1) is 0 Å². The van der Waals surface area contributed by atoms with Crippen LogP contribution in [-0.2, 0) is 0 Å². The minimum Gasteiger partial charge on any atom is -0.352 e. The number of carbonyl (C=O) groups excluding carboxylic acids is 2. The third kappa shape index (κ3) is 4.36. The Balaban J connectivity index is 1.43.